The van der Waals surface area contributed by atoms with Crippen LogP contribution in [-0.2, 0) is 9.53 Å². The number of hydrogen-bond donors (Lipinski definition) is 2. The van der Waals surface area contributed by atoms with Crippen molar-refractivity contribution in [2.45, 2.75) is 38.5 Å². The first-order valence-corrected chi connectivity index (χ1v) is 9.50. The van der Waals surface area contributed by atoms with Gasteiger partial charge in [0, 0.05) is 11.4 Å². The number of nitrogens with one attached hydrogen (secondary N) is 2. The summed E-state index contributed by atoms with van der Waals surface area (Å²) in [6, 6.07) is 0.989. The highest BCUT2D eigenvalue weighted by molar-refractivity contribution is 7.99. The number of aromatic nitrogens is 2. The van der Waals surface area contributed by atoms with E-state index in [0.717, 1.165) is 5.56 Å². The van der Waals surface area contributed by atoms with E-state index in [0.29, 0.717) is 34.6 Å². The van der Waals surface area contributed by atoms with Gasteiger partial charge in [0.15, 0.2) is 0 Å². The van der Waals surface area contributed by atoms with Gasteiger partial charge in [-0.3, -0.25) is 0 Å². The number of urea groups is 1. The maximum atomic E-state index is 12.4. The monoisotopic (exact) mass is 392 g/mol. The summed E-state index contributed by atoms with van der Waals surface area (Å²) in [4.78, 5) is 24.2. The third-order valence-electron chi connectivity index (χ3n) is 3.98. The number of esters is 1. The molecule has 1 atom stereocenters. The first-order valence-electron chi connectivity index (χ1n) is 8.51. The molecule has 2 N–H and O–H groups in total. The first-order chi connectivity index (χ1) is 13.0. The van der Waals surface area contributed by atoms with Crippen molar-refractivity contribution < 1.29 is 23.2 Å². The lowest BCUT2D eigenvalue weighted by Crippen LogP contribution is -2.50. The van der Waals surface area contributed by atoms with E-state index in [1.54, 1.807) is 26.2 Å². The molecule has 27 heavy (non-hydrogen) atoms. The van der Waals surface area contributed by atoms with Crippen molar-refractivity contribution in [3.8, 4) is 11.5 Å². The highest BCUT2D eigenvalue weighted by atomic mass is 32.2. The summed E-state index contributed by atoms with van der Waals surface area (Å²) < 4.78 is 16.0. The fourth-order valence-corrected chi connectivity index (χ4v) is 3.43. The molecular formula is C17H20N4O5S. The lowest BCUT2D eigenvalue weighted by Gasteiger charge is -2.28. The average molecular weight is 392 g/mol. The minimum atomic E-state index is -0.451. The first kappa shape index (κ1) is 19.0. The Bertz CT molecular complexity index is 872. The molecule has 0 radical (unpaired) electrons. The van der Waals surface area contributed by atoms with Gasteiger partial charge in [-0.25, -0.2) is 9.59 Å². The normalized spacial score (nSPS) is 16.9. The lowest BCUT2D eigenvalue weighted by atomic mass is 10.0. The zero-order chi connectivity index (χ0) is 19.4. The molecule has 144 valence electrons. The van der Waals surface area contributed by atoms with Crippen molar-refractivity contribution in [1.82, 2.24) is 20.8 Å². The van der Waals surface area contributed by atoms with E-state index in [2.05, 4.69) is 20.8 Å². The third kappa shape index (κ3) is 4.16. The molecule has 3 heterocycles. The van der Waals surface area contributed by atoms with Gasteiger partial charge in [-0.05, 0) is 26.3 Å². The molecule has 9 nitrogen and oxygen atoms in total. The molecule has 2 aromatic rings. The minimum absolute atomic E-state index is 0.254. The Kier molecular flexibility index (Phi) is 5.84. The molecule has 0 unspecified atom stereocenters. The number of amides is 2. The molecule has 0 saturated heterocycles. The largest absolute Gasteiger partial charge is 0.469 e. The molecule has 0 bridgehead atoms. The van der Waals surface area contributed by atoms with Crippen LogP contribution in [0.5, 0.6) is 0 Å². The Morgan fingerprint density at radius 1 is 1.37 bits per heavy atom. The Balaban J connectivity index is 1.79. The molecule has 0 spiro atoms. The number of hydrogen-bond acceptors (Lipinski definition) is 8. The quantitative estimate of drug-likeness (QED) is 0.545. The third-order valence-corrected chi connectivity index (χ3v) is 4.83. The number of nitrogens with zero attached hydrogens (tertiary/aromatic N) is 2. The van der Waals surface area contributed by atoms with Gasteiger partial charge in [-0.2, -0.15) is 0 Å². The Labute approximate surface area is 159 Å². The number of furan rings is 1. The highest BCUT2D eigenvalue weighted by Gasteiger charge is 2.31. The molecule has 1 aliphatic heterocycles. The van der Waals surface area contributed by atoms with E-state index in [1.165, 1.54) is 11.8 Å². The molecule has 1 aliphatic rings. The zero-order valence-electron chi connectivity index (χ0n) is 15.2. The van der Waals surface area contributed by atoms with E-state index in [4.69, 9.17) is 13.6 Å². The molecule has 2 amide bonds. The summed E-state index contributed by atoms with van der Waals surface area (Å²) in [7, 11) is 0. The van der Waals surface area contributed by atoms with Crippen LogP contribution >= 0.6 is 11.8 Å². The van der Waals surface area contributed by atoms with Crippen molar-refractivity contribution in [2.24, 2.45) is 0 Å². The molecule has 3 rings (SSSR count). The van der Waals surface area contributed by atoms with Gasteiger partial charge in [-0.15, -0.1) is 10.2 Å². The molecular weight excluding hydrogens is 372 g/mol. The van der Waals surface area contributed by atoms with E-state index < -0.39 is 12.0 Å². The van der Waals surface area contributed by atoms with Gasteiger partial charge >= 0.3 is 12.0 Å². The van der Waals surface area contributed by atoms with Crippen LogP contribution < -0.4 is 10.6 Å². The fourth-order valence-electron chi connectivity index (χ4n) is 2.69. The average Bonchev–Trinajstić information content (AvgIpc) is 3.27. The van der Waals surface area contributed by atoms with Crippen LogP contribution in [0.3, 0.4) is 0 Å². The van der Waals surface area contributed by atoms with Gasteiger partial charge in [-0.1, -0.05) is 18.7 Å². The van der Waals surface area contributed by atoms with Gasteiger partial charge in [0.25, 0.3) is 11.1 Å². The Hall–Kier alpha value is -2.75. The Morgan fingerprint density at radius 2 is 2.19 bits per heavy atom. The second-order valence-corrected chi connectivity index (χ2v) is 6.65. The van der Waals surface area contributed by atoms with Crippen LogP contribution in [0.2, 0.25) is 0 Å². The predicted molar refractivity (Wildman–Crippen MR) is 96.9 cm³/mol. The standard InChI is InChI=1S/C17H20N4O5S/c1-4-11-13(15(22)24-5-2)12(19-16(23)18-11)8-27-17-21-20-14(26-17)10-6-7-25-9(10)3/h6-7,11H,4-5,8H2,1-3H3,(H2,18,19,23)/t11-/m1/s1. The van der Waals surface area contributed by atoms with E-state index in [1.807, 2.05) is 6.92 Å². The highest BCUT2D eigenvalue weighted by Crippen LogP contribution is 2.28. The van der Waals surface area contributed by atoms with Crippen LogP contribution in [-0.4, -0.2) is 40.6 Å². The molecule has 0 aliphatic carbocycles. The van der Waals surface area contributed by atoms with E-state index in [-0.39, 0.29) is 18.4 Å². The van der Waals surface area contributed by atoms with Gasteiger partial charge in [0.05, 0.1) is 30.0 Å². The maximum Gasteiger partial charge on any atom is 0.337 e. The molecule has 0 aromatic carbocycles. The van der Waals surface area contributed by atoms with Gasteiger partial charge < -0.3 is 24.2 Å². The second kappa shape index (κ2) is 8.30. The fraction of sp³-hybridized carbons (Fsp3) is 0.412. The topological polar surface area (TPSA) is 119 Å². The van der Waals surface area contributed by atoms with Crippen LogP contribution in [0.25, 0.3) is 11.5 Å². The minimum Gasteiger partial charge on any atom is -0.469 e. The van der Waals surface area contributed by atoms with Crippen molar-refractivity contribution in [2.75, 3.05) is 12.4 Å². The predicted octanol–water partition coefficient (Wildman–Crippen LogP) is 2.64. The van der Waals surface area contributed by atoms with Crippen molar-refractivity contribution in [1.29, 1.82) is 0 Å². The summed E-state index contributed by atoms with van der Waals surface area (Å²) in [5, 5.41) is 13.7. The smallest absolute Gasteiger partial charge is 0.337 e. The maximum absolute atomic E-state index is 12.4. The zero-order valence-corrected chi connectivity index (χ0v) is 16.0. The number of aryl methyl sites for hydroxylation is 1. The van der Waals surface area contributed by atoms with Crippen molar-refractivity contribution in [3.63, 3.8) is 0 Å². The molecule has 0 saturated carbocycles. The summed E-state index contributed by atoms with van der Waals surface area (Å²) >= 11 is 1.23. The molecule has 2 aromatic heterocycles. The van der Waals surface area contributed by atoms with E-state index in [9.17, 15) is 9.59 Å². The van der Waals surface area contributed by atoms with E-state index >= 15 is 0 Å². The number of thioether (sulfide) groups is 1. The summed E-state index contributed by atoms with van der Waals surface area (Å²) in [6.45, 7) is 5.68. The summed E-state index contributed by atoms with van der Waals surface area (Å²) in [5.41, 5.74) is 1.62. The summed E-state index contributed by atoms with van der Waals surface area (Å²) in [5.74, 6) is 0.861. The van der Waals surface area contributed by atoms with Crippen molar-refractivity contribution in [3.05, 3.63) is 29.4 Å². The summed E-state index contributed by atoms with van der Waals surface area (Å²) in [6.07, 6.45) is 2.12. The second-order valence-electron chi connectivity index (χ2n) is 5.72. The van der Waals surface area contributed by atoms with Gasteiger partial charge in [0.1, 0.15) is 5.76 Å². The van der Waals surface area contributed by atoms with Crippen LogP contribution in [0.1, 0.15) is 26.0 Å². The Morgan fingerprint density at radius 3 is 2.85 bits per heavy atom. The van der Waals surface area contributed by atoms with Gasteiger partial charge in [0.2, 0.25) is 0 Å². The number of ether oxygens (including phenoxy) is 1. The SMILES string of the molecule is CCOC(=O)C1=C(CSc2nnc(-c3ccoc3C)o2)NC(=O)N[C@@H]1CC. The van der Waals surface area contributed by atoms with Crippen LogP contribution in [0.15, 0.2) is 37.7 Å². The molecule has 0 fully saturated rings. The van der Waals surface area contributed by atoms with Crippen LogP contribution in [0.4, 0.5) is 4.79 Å². The number of rotatable bonds is 7. The lowest BCUT2D eigenvalue weighted by molar-refractivity contribution is -0.139. The molecule has 10 heteroatoms. The number of carbonyl (C=O) groups excluding carboxylic acids is 2. The van der Waals surface area contributed by atoms with Crippen molar-refractivity contribution >= 4 is 23.8 Å². The number of carbonyl (C=O) groups is 2. The van der Waals surface area contributed by atoms with Crippen LogP contribution in [0, 0.1) is 6.92 Å².